The molecule has 0 spiro atoms. The zero-order valence-electron chi connectivity index (χ0n) is 11.7. The Morgan fingerprint density at radius 3 is 2.76 bits per heavy atom. The number of hydrogen-bond acceptors (Lipinski definition) is 4. The van der Waals surface area contributed by atoms with Crippen LogP contribution in [0.1, 0.15) is 40.4 Å². The van der Waals surface area contributed by atoms with Gasteiger partial charge in [-0.1, -0.05) is 24.3 Å². The third-order valence-electron chi connectivity index (χ3n) is 3.86. The number of nitrogens with two attached hydrogens (primary N) is 2. The Bertz CT molecular complexity index is 682. The van der Waals surface area contributed by atoms with Gasteiger partial charge >= 0.3 is 5.97 Å². The number of aryl methyl sites for hydroxylation is 1. The van der Waals surface area contributed by atoms with E-state index in [1.54, 1.807) is 18.2 Å². The van der Waals surface area contributed by atoms with Gasteiger partial charge < -0.3 is 16.2 Å². The second-order valence-corrected chi connectivity index (χ2v) is 5.33. The van der Waals surface area contributed by atoms with Crippen LogP contribution >= 0.6 is 0 Å². The molecule has 1 atom stereocenters. The average molecular weight is 282 g/mol. The summed E-state index contributed by atoms with van der Waals surface area (Å²) in [6.45, 7) is 0. The highest BCUT2D eigenvalue weighted by Gasteiger charge is 2.24. The number of hydrogen-bond donors (Lipinski definition) is 2. The first-order valence-electron chi connectivity index (χ1n) is 7.09. The highest BCUT2D eigenvalue weighted by molar-refractivity contribution is 5.95. The lowest BCUT2D eigenvalue weighted by atomic mass is 9.89. The van der Waals surface area contributed by atoms with Crippen molar-refractivity contribution in [2.75, 3.05) is 11.5 Å². The summed E-state index contributed by atoms with van der Waals surface area (Å²) in [6, 6.07) is 12.9. The van der Waals surface area contributed by atoms with Crippen LogP contribution in [0.15, 0.2) is 42.5 Å². The van der Waals surface area contributed by atoms with E-state index in [2.05, 4.69) is 6.07 Å². The van der Waals surface area contributed by atoms with Gasteiger partial charge in [0.1, 0.15) is 6.10 Å². The predicted octanol–water partition coefficient (Wildman–Crippen LogP) is 3.09. The van der Waals surface area contributed by atoms with E-state index in [0.29, 0.717) is 16.9 Å². The zero-order chi connectivity index (χ0) is 14.8. The summed E-state index contributed by atoms with van der Waals surface area (Å²) in [4.78, 5) is 12.3. The van der Waals surface area contributed by atoms with Gasteiger partial charge in [0.2, 0.25) is 0 Å². The van der Waals surface area contributed by atoms with Gasteiger partial charge in [-0.25, -0.2) is 4.79 Å². The molecular weight excluding hydrogens is 264 g/mol. The van der Waals surface area contributed by atoms with Crippen LogP contribution in [0, 0.1) is 0 Å². The van der Waals surface area contributed by atoms with Crippen LogP contribution in [0.4, 0.5) is 11.4 Å². The van der Waals surface area contributed by atoms with Gasteiger partial charge in [0.05, 0.1) is 5.56 Å². The molecule has 0 fully saturated rings. The van der Waals surface area contributed by atoms with Gasteiger partial charge in [-0.15, -0.1) is 0 Å². The van der Waals surface area contributed by atoms with Crippen molar-refractivity contribution in [1.82, 2.24) is 0 Å². The molecule has 0 amide bonds. The van der Waals surface area contributed by atoms with E-state index >= 15 is 0 Å². The summed E-state index contributed by atoms with van der Waals surface area (Å²) in [7, 11) is 0. The SMILES string of the molecule is Nc1ccc(C(=O)OC2CCCc3ccccc32)c(N)c1. The number of benzene rings is 2. The van der Waals surface area contributed by atoms with Gasteiger partial charge in [-0.05, 0) is 48.6 Å². The molecule has 4 N–H and O–H groups in total. The summed E-state index contributed by atoms with van der Waals surface area (Å²) in [5, 5.41) is 0. The molecule has 4 heteroatoms. The Morgan fingerprint density at radius 2 is 1.95 bits per heavy atom. The minimum Gasteiger partial charge on any atom is -0.454 e. The summed E-state index contributed by atoms with van der Waals surface area (Å²) in [5.74, 6) is -0.394. The molecule has 21 heavy (non-hydrogen) atoms. The molecule has 0 aliphatic heterocycles. The van der Waals surface area contributed by atoms with E-state index < -0.39 is 5.97 Å². The van der Waals surface area contributed by atoms with Crippen molar-refractivity contribution in [1.29, 1.82) is 0 Å². The highest BCUT2D eigenvalue weighted by atomic mass is 16.5. The van der Waals surface area contributed by atoms with E-state index in [0.717, 1.165) is 24.8 Å². The van der Waals surface area contributed by atoms with Crippen molar-refractivity contribution in [3.05, 3.63) is 59.2 Å². The maximum absolute atomic E-state index is 12.3. The lowest BCUT2D eigenvalue weighted by Gasteiger charge is -2.25. The van der Waals surface area contributed by atoms with E-state index in [-0.39, 0.29) is 6.10 Å². The molecule has 0 saturated carbocycles. The van der Waals surface area contributed by atoms with Crippen LogP contribution in [0.3, 0.4) is 0 Å². The van der Waals surface area contributed by atoms with Gasteiger partial charge in [0.15, 0.2) is 0 Å². The van der Waals surface area contributed by atoms with E-state index in [1.807, 2.05) is 18.2 Å². The summed E-state index contributed by atoms with van der Waals surface area (Å²) in [5.41, 5.74) is 15.1. The first-order chi connectivity index (χ1) is 10.1. The number of carbonyl (C=O) groups excluding carboxylic acids is 1. The van der Waals surface area contributed by atoms with Crippen LogP contribution in [0.2, 0.25) is 0 Å². The van der Waals surface area contributed by atoms with Gasteiger partial charge in [0.25, 0.3) is 0 Å². The Balaban J connectivity index is 1.83. The maximum Gasteiger partial charge on any atom is 0.340 e. The quantitative estimate of drug-likeness (QED) is 0.655. The van der Waals surface area contributed by atoms with Crippen LogP contribution in [-0.2, 0) is 11.2 Å². The Labute approximate surface area is 123 Å². The molecular formula is C17H18N2O2. The van der Waals surface area contributed by atoms with E-state index in [4.69, 9.17) is 16.2 Å². The molecule has 1 aliphatic carbocycles. The van der Waals surface area contributed by atoms with Crippen molar-refractivity contribution in [2.45, 2.75) is 25.4 Å². The molecule has 3 rings (SSSR count). The zero-order valence-corrected chi connectivity index (χ0v) is 11.7. The predicted molar refractivity (Wildman–Crippen MR) is 82.8 cm³/mol. The van der Waals surface area contributed by atoms with Gasteiger partial charge in [0, 0.05) is 11.4 Å². The second kappa shape index (κ2) is 5.48. The van der Waals surface area contributed by atoms with Crippen LogP contribution < -0.4 is 11.5 Å². The number of nitrogen functional groups attached to an aromatic ring is 2. The van der Waals surface area contributed by atoms with Gasteiger partial charge in [-0.3, -0.25) is 0 Å². The van der Waals surface area contributed by atoms with Crippen molar-refractivity contribution < 1.29 is 9.53 Å². The molecule has 0 radical (unpaired) electrons. The number of carbonyl (C=O) groups is 1. The molecule has 0 saturated heterocycles. The largest absolute Gasteiger partial charge is 0.454 e. The molecule has 4 nitrogen and oxygen atoms in total. The number of esters is 1. The molecule has 1 aliphatic rings. The standard InChI is InChI=1S/C17H18N2O2/c18-12-8-9-14(15(19)10-12)17(20)21-16-7-3-5-11-4-1-2-6-13(11)16/h1-2,4,6,8-10,16H,3,5,7,18-19H2. The smallest absolute Gasteiger partial charge is 0.340 e. The fourth-order valence-electron chi connectivity index (χ4n) is 2.79. The summed E-state index contributed by atoms with van der Waals surface area (Å²) in [6.07, 6.45) is 2.71. The average Bonchev–Trinajstić information content (AvgIpc) is 2.47. The fourth-order valence-corrected chi connectivity index (χ4v) is 2.79. The third kappa shape index (κ3) is 2.70. The third-order valence-corrected chi connectivity index (χ3v) is 3.86. The fraction of sp³-hybridized carbons (Fsp3) is 0.235. The first kappa shape index (κ1) is 13.5. The Morgan fingerprint density at radius 1 is 1.14 bits per heavy atom. The highest BCUT2D eigenvalue weighted by Crippen LogP contribution is 2.33. The van der Waals surface area contributed by atoms with Crippen LogP contribution in [0.25, 0.3) is 0 Å². The van der Waals surface area contributed by atoms with Crippen LogP contribution in [-0.4, -0.2) is 5.97 Å². The van der Waals surface area contributed by atoms with Crippen molar-refractivity contribution in [3.8, 4) is 0 Å². The molecule has 108 valence electrons. The van der Waals surface area contributed by atoms with Crippen molar-refractivity contribution >= 4 is 17.3 Å². The minimum absolute atomic E-state index is 0.195. The minimum atomic E-state index is -0.394. The molecule has 0 bridgehead atoms. The first-order valence-corrected chi connectivity index (χ1v) is 7.09. The van der Waals surface area contributed by atoms with Crippen molar-refractivity contribution in [2.24, 2.45) is 0 Å². The lowest BCUT2D eigenvalue weighted by Crippen LogP contribution is -2.17. The Kier molecular flexibility index (Phi) is 3.52. The van der Waals surface area contributed by atoms with E-state index in [1.165, 1.54) is 5.56 Å². The van der Waals surface area contributed by atoms with Gasteiger partial charge in [-0.2, -0.15) is 0 Å². The van der Waals surface area contributed by atoms with Crippen LogP contribution in [0.5, 0.6) is 0 Å². The monoisotopic (exact) mass is 282 g/mol. The maximum atomic E-state index is 12.3. The number of ether oxygens (including phenoxy) is 1. The van der Waals surface area contributed by atoms with E-state index in [9.17, 15) is 4.79 Å². The number of rotatable bonds is 2. The topological polar surface area (TPSA) is 78.3 Å². The lowest BCUT2D eigenvalue weighted by molar-refractivity contribution is 0.0258. The second-order valence-electron chi connectivity index (χ2n) is 5.33. The summed E-state index contributed by atoms with van der Waals surface area (Å²) >= 11 is 0. The molecule has 2 aromatic rings. The molecule has 0 aromatic heterocycles. The molecule has 2 aromatic carbocycles. The Hall–Kier alpha value is -2.49. The molecule has 1 unspecified atom stereocenters. The number of anilines is 2. The summed E-state index contributed by atoms with van der Waals surface area (Å²) < 4.78 is 5.66. The number of fused-ring (bicyclic) bond motifs is 1. The normalized spacial score (nSPS) is 17.0. The van der Waals surface area contributed by atoms with Crippen molar-refractivity contribution in [3.63, 3.8) is 0 Å². The molecule has 0 heterocycles.